The number of hydrogen-bond donors (Lipinski definition) is 3. The molecule has 6 rings (SSSR count). The highest BCUT2D eigenvalue weighted by atomic mass is 19.4. The molecule has 1 spiro atoms. The van der Waals surface area contributed by atoms with Gasteiger partial charge in [-0.2, -0.15) is 18.3 Å². The summed E-state index contributed by atoms with van der Waals surface area (Å²) in [4.78, 5) is 35.9. The Hall–Kier alpha value is -4.30. The SMILES string of the molecule is C/N=C/c1ccc(-n2nc3c(c2C(=O)NCC2(CO)COC2)C(=O)N[C@@]2(CCc4cc(OCC(F)(F)F)ccc42)C3)nc1. The molecule has 1 saturated heterocycles. The van der Waals surface area contributed by atoms with Crippen LogP contribution in [0, 0.1) is 5.41 Å². The van der Waals surface area contributed by atoms with Crippen molar-refractivity contribution in [1.29, 1.82) is 0 Å². The number of aliphatic imine (C=N–C) groups is 1. The molecule has 0 bridgehead atoms. The molecule has 2 aliphatic heterocycles. The van der Waals surface area contributed by atoms with Gasteiger partial charge in [-0.25, -0.2) is 9.67 Å². The summed E-state index contributed by atoms with van der Waals surface area (Å²) in [7, 11) is 1.64. The molecule has 1 fully saturated rings. The Bertz CT molecular complexity index is 1590. The van der Waals surface area contributed by atoms with Crippen molar-refractivity contribution in [3.05, 3.63) is 70.2 Å². The van der Waals surface area contributed by atoms with Crippen LogP contribution in [0.15, 0.2) is 41.5 Å². The minimum Gasteiger partial charge on any atom is -0.484 e. The highest BCUT2D eigenvalue weighted by molar-refractivity contribution is 6.08. The first-order chi connectivity index (χ1) is 20.6. The molecule has 3 aliphatic rings. The fourth-order valence-electron chi connectivity index (χ4n) is 5.85. The van der Waals surface area contributed by atoms with Gasteiger partial charge in [-0.3, -0.25) is 14.6 Å². The minimum absolute atomic E-state index is 0.00853. The first kappa shape index (κ1) is 28.8. The van der Waals surface area contributed by atoms with Crippen LogP contribution in [-0.2, 0) is 23.1 Å². The quantitative estimate of drug-likeness (QED) is 0.338. The van der Waals surface area contributed by atoms with Gasteiger partial charge in [-0.15, -0.1) is 0 Å². The molecule has 14 heteroatoms. The van der Waals surface area contributed by atoms with Gasteiger partial charge >= 0.3 is 6.18 Å². The van der Waals surface area contributed by atoms with Crippen LogP contribution in [0.25, 0.3) is 5.82 Å². The summed E-state index contributed by atoms with van der Waals surface area (Å²) >= 11 is 0. The van der Waals surface area contributed by atoms with Crippen LogP contribution in [0.1, 0.15) is 49.7 Å². The number of pyridine rings is 1. The van der Waals surface area contributed by atoms with Crippen LogP contribution in [-0.4, -0.2) is 84.1 Å². The Kier molecular flexibility index (Phi) is 7.21. The Morgan fingerprint density at radius 2 is 2.12 bits per heavy atom. The molecule has 0 unspecified atom stereocenters. The molecule has 0 saturated carbocycles. The number of alkyl halides is 3. The summed E-state index contributed by atoms with van der Waals surface area (Å²) in [6.07, 6.45) is 0.000707. The fraction of sp³-hybridized carbons (Fsp3) is 0.414. The average Bonchev–Trinajstić information content (AvgIpc) is 3.50. The molecular formula is C29H29F3N6O5. The molecule has 11 nitrogen and oxygen atoms in total. The van der Waals surface area contributed by atoms with Gasteiger partial charge in [0.25, 0.3) is 11.8 Å². The van der Waals surface area contributed by atoms with Crippen molar-refractivity contribution in [3.8, 4) is 11.6 Å². The molecule has 0 radical (unpaired) electrons. The lowest BCUT2D eigenvalue weighted by Gasteiger charge is -2.39. The smallest absolute Gasteiger partial charge is 0.422 e. The number of halogens is 3. The van der Waals surface area contributed by atoms with Gasteiger partial charge in [0.05, 0.1) is 42.0 Å². The second kappa shape index (κ2) is 10.8. The van der Waals surface area contributed by atoms with E-state index in [9.17, 15) is 27.9 Å². The number of ether oxygens (including phenoxy) is 2. The normalized spacial score (nSPS) is 20.4. The van der Waals surface area contributed by atoms with E-state index >= 15 is 0 Å². The maximum absolute atomic E-state index is 13.8. The first-order valence-electron chi connectivity index (χ1n) is 13.7. The minimum atomic E-state index is -4.46. The van der Waals surface area contributed by atoms with Gasteiger partial charge in [-0.05, 0) is 48.2 Å². The summed E-state index contributed by atoms with van der Waals surface area (Å²) in [5.41, 5.74) is 1.34. The lowest BCUT2D eigenvalue weighted by Crippen LogP contribution is -2.53. The summed E-state index contributed by atoms with van der Waals surface area (Å²) in [6, 6.07) is 8.14. The van der Waals surface area contributed by atoms with Crippen molar-refractivity contribution in [2.45, 2.75) is 31.0 Å². The van der Waals surface area contributed by atoms with Gasteiger partial charge in [0.1, 0.15) is 11.4 Å². The van der Waals surface area contributed by atoms with Crippen molar-refractivity contribution in [2.75, 3.05) is 40.0 Å². The number of rotatable bonds is 8. The number of nitrogens with zero attached hydrogens (tertiary/aromatic N) is 4. The third-order valence-corrected chi connectivity index (χ3v) is 8.08. The van der Waals surface area contributed by atoms with Gasteiger partial charge in [0, 0.05) is 38.0 Å². The summed E-state index contributed by atoms with van der Waals surface area (Å²) in [5.74, 6) is -0.642. The van der Waals surface area contributed by atoms with Gasteiger partial charge in [-0.1, -0.05) is 6.07 Å². The van der Waals surface area contributed by atoms with Gasteiger partial charge < -0.3 is 25.2 Å². The van der Waals surface area contributed by atoms with Crippen LogP contribution in [0.3, 0.4) is 0 Å². The van der Waals surface area contributed by atoms with Crippen molar-refractivity contribution in [1.82, 2.24) is 25.4 Å². The number of aromatic nitrogens is 3. The number of aliphatic hydroxyl groups is 1. The number of nitrogens with one attached hydrogen (secondary N) is 2. The molecule has 1 aromatic carbocycles. The van der Waals surface area contributed by atoms with E-state index in [1.54, 1.807) is 43.7 Å². The Morgan fingerprint density at radius 1 is 1.30 bits per heavy atom. The second-order valence-corrected chi connectivity index (χ2v) is 11.2. The molecule has 3 aromatic rings. The maximum atomic E-state index is 13.8. The molecule has 1 aliphatic carbocycles. The van der Waals surface area contributed by atoms with E-state index in [0.717, 1.165) is 16.7 Å². The number of carbonyl (C=O) groups excluding carboxylic acids is 2. The predicted molar refractivity (Wildman–Crippen MR) is 147 cm³/mol. The number of aryl methyl sites for hydroxylation is 1. The van der Waals surface area contributed by atoms with Gasteiger partial charge in [0.2, 0.25) is 0 Å². The largest absolute Gasteiger partial charge is 0.484 e. The Labute approximate surface area is 244 Å². The average molecular weight is 599 g/mol. The summed E-state index contributed by atoms with van der Waals surface area (Å²) in [5, 5.41) is 20.4. The van der Waals surface area contributed by atoms with E-state index in [2.05, 4.69) is 20.6 Å². The zero-order valence-corrected chi connectivity index (χ0v) is 23.2. The zero-order chi connectivity index (χ0) is 30.4. The maximum Gasteiger partial charge on any atom is 0.422 e. The van der Waals surface area contributed by atoms with E-state index in [1.807, 2.05) is 0 Å². The highest BCUT2D eigenvalue weighted by Gasteiger charge is 2.48. The predicted octanol–water partition coefficient (Wildman–Crippen LogP) is 2.12. The van der Waals surface area contributed by atoms with Crippen molar-refractivity contribution in [3.63, 3.8) is 0 Å². The molecule has 2 amide bonds. The summed E-state index contributed by atoms with van der Waals surface area (Å²) in [6.45, 7) is -0.827. The number of aliphatic hydroxyl groups excluding tert-OH is 1. The zero-order valence-electron chi connectivity index (χ0n) is 23.2. The van der Waals surface area contributed by atoms with Crippen LogP contribution in [0.2, 0.25) is 0 Å². The third kappa shape index (κ3) is 5.36. The van der Waals surface area contributed by atoms with Crippen molar-refractivity contribution < 1.29 is 37.3 Å². The lowest BCUT2D eigenvalue weighted by molar-refractivity contribution is -0.153. The molecule has 4 heterocycles. The van der Waals surface area contributed by atoms with Crippen LogP contribution in [0.4, 0.5) is 13.2 Å². The number of carbonyl (C=O) groups is 2. The number of hydrogen-bond acceptors (Lipinski definition) is 8. The number of fused-ring (bicyclic) bond motifs is 3. The number of amides is 2. The summed E-state index contributed by atoms with van der Waals surface area (Å²) < 4.78 is 49.5. The highest BCUT2D eigenvalue weighted by Crippen LogP contribution is 2.44. The number of benzene rings is 1. The van der Waals surface area contributed by atoms with Crippen LogP contribution in [0.5, 0.6) is 5.75 Å². The third-order valence-electron chi connectivity index (χ3n) is 8.08. The standard InChI is InChI=1S/C29H29F3N6O5/c1-33-10-17-2-5-22(34-11-17)38-24(26(41)35-12-27(13-39)14-42-15-27)23-21(37-38)9-28(36-25(23)40)7-6-18-8-19(3-4-20(18)28)43-16-29(30,31)32/h2-5,8,10-11,39H,6-7,9,12-16H2,1H3,(H,35,41)(H,36,40)/b33-10+/t28-/m0/s1. The molecule has 2 aromatic heterocycles. The van der Waals surface area contributed by atoms with E-state index in [4.69, 9.17) is 14.6 Å². The van der Waals surface area contributed by atoms with E-state index < -0.39 is 35.6 Å². The monoisotopic (exact) mass is 598 g/mol. The molecule has 1 atom stereocenters. The van der Waals surface area contributed by atoms with Crippen molar-refractivity contribution >= 4 is 18.0 Å². The first-order valence-corrected chi connectivity index (χ1v) is 13.7. The molecule has 3 N–H and O–H groups in total. The van der Waals surface area contributed by atoms with Crippen LogP contribution < -0.4 is 15.4 Å². The second-order valence-electron chi connectivity index (χ2n) is 11.2. The fourth-order valence-corrected chi connectivity index (χ4v) is 5.85. The van der Waals surface area contributed by atoms with Crippen molar-refractivity contribution in [2.24, 2.45) is 10.4 Å². The lowest BCUT2D eigenvalue weighted by atomic mass is 9.82. The van der Waals surface area contributed by atoms with E-state index in [1.165, 1.54) is 10.7 Å². The van der Waals surface area contributed by atoms with Gasteiger partial charge in [0.15, 0.2) is 12.4 Å². The Balaban J connectivity index is 1.35. The Morgan fingerprint density at radius 3 is 2.77 bits per heavy atom. The molecule has 226 valence electrons. The molecule has 43 heavy (non-hydrogen) atoms. The van der Waals surface area contributed by atoms with E-state index in [0.29, 0.717) is 37.6 Å². The molecular weight excluding hydrogens is 569 g/mol. The topological polar surface area (TPSA) is 140 Å². The van der Waals surface area contributed by atoms with E-state index in [-0.39, 0.29) is 36.6 Å². The van der Waals surface area contributed by atoms with Crippen LogP contribution >= 0.6 is 0 Å².